The lowest BCUT2D eigenvalue weighted by molar-refractivity contribution is -0.271. The Morgan fingerprint density at radius 3 is 2.29 bits per heavy atom. The van der Waals surface area contributed by atoms with E-state index in [0.717, 1.165) is 36.8 Å². The van der Waals surface area contributed by atoms with Crippen molar-refractivity contribution in [3.63, 3.8) is 0 Å². The summed E-state index contributed by atoms with van der Waals surface area (Å²) in [5.41, 5.74) is -3.83. The molecule has 0 aromatic heterocycles. The van der Waals surface area contributed by atoms with E-state index in [4.69, 9.17) is 4.74 Å². The molecular weight excluding hydrogens is 508 g/mol. The highest BCUT2D eigenvalue weighted by Crippen LogP contribution is 2.50. The lowest BCUT2D eigenvalue weighted by atomic mass is 9.62. The SMILES string of the molecule is COC(=O)c1cccc([C@](OC)(C(=O)N2CCC3(CC2)CC(=O)NC[C@H]3c2ccc(F)cc2)C(F)(F)F)c1. The molecule has 2 atom stereocenters. The maximum Gasteiger partial charge on any atom is 0.430 e. The van der Waals surface area contributed by atoms with Crippen LogP contribution in [0, 0.1) is 11.2 Å². The number of benzene rings is 2. The summed E-state index contributed by atoms with van der Waals surface area (Å²) in [6.45, 7) is 0.229. The van der Waals surface area contributed by atoms with Crippen LogP contribution >= 0.6 is 0 Å². The number of nitrogens with one attached hydrogen (secondary N) is 1. The number of esters is 1. The molecule has 1 N–H and O–H groups in total. The monoisotopic (exact) mass is 536 g/mol. The molecule has 2 fully saturated rings. The molecule has 2 amide bonds. The normalized spacial score (nSPS) is 20.9. The predicted octanol–water partition coefficient (Wildman–Crippen LogP) is 3.93. The van der Waals surface area contributed by atoms with Crippen molar-refractivity contribution in [2.24, 2.45) is 5.41 Å². The minimum absolute atomic E-state index is 0.0400. The van der Waals surface area contributed by atoms with Crippen molar-refractivity contribution in [1.29, 1.82) is 0 Å². The first-order valence-electron chi connectivity index (χ1n) is 12.1. The number of methoxy groups -OCH3 is 2. The third-order valence-electron chi connectivity index (χ3n) is 7.77. The predicted molar refractivity (Wildman–Crippen MR) is 128 cm³/mol. The molecule has 0 aliphatic carbocycles. The first-order valence-corrected chi connectivity index (χ1v) is 12.1. The summed E-state index contributed by atoms with van der Waals surface area (Å²) in [6, 6.07) is 10.5. The van der Waals surface area contributed by atoms with E-state index in [1.807, 2.05) is 0 Å². The molecule has 0 saturated carbocycles. The minimum Gasteiger partial charge on any atom is -0.465 e. The van der Waals surface area contributed by atoms with Crippen LogP contribution in [-0.2, 0) is 24.7 Å². The van der Waals surface area contributed by atoms with Gasteiger partial charge in [0.15, 0.2) is 0 Å². The van der Waals surface area contributed by atoms with E-state index in [2.05, 4.69) is 10.1 Å². The van der Waals surface area contributed by atoms with Gasteiger partial charge in [-0.15, -0.1) is 0 Å². The second-order valence-corrected chi connectivity index (χ2v) is 9.70. The zero-order chi connectivity index (χ0) is 27.7. The molecular formula is C27H28F4N2O5. The second kappa shape index (κ2) is 10.4. The van der Waals surface area contributed by atoms with Gasteiger partial charge in [-0.2, -0.15) is 13.2 Å². The first-order chi connectivity index (χ1) is 18.0. The summed E-state index contributed by atoms with van der Waals surface area (Å²) in [6.07, 6.45) is -4.46. The van der Waals surface area contributed by atoms with Crippen molar-refractivity contribution in [3.8, 4) is 0 Å². The molecule has 0 bridgehead atoms. The van der Waals surface area contributed by atoms with Crippen LogP contribution < -0.4 is 5.32 Å². The number of ether oxygens (including phenoxy) is 2. The quantitative estimate of drug-likeness (QED) is 0.463. The highest BCUT2D eigenvalue weighted by Gasteiger charge is 2.64. The number of hydrogen-bond acceptors (Lipinski definition) is 5. The number of halogens is 4. The lowest BCUT2D eigenvalue weighted by Crippen LogP contribution is -2.60. The van der Waals surface area contributed by atoms with Gasteiger partial charge in [0.05, 0.1) is 12.7 Å². The van der Waals surface area contributed by atoms with E-state index in [1.165, 1.54) is 24.3 Å². The van der Waals surface area contributed by atoms with Gasteiger partial charge in [-0.05, 0) is 48.1 Å². The van der Waals surface area contributed by atoms with E-state index < -0.39 is 40.4 Å². The number of hydrogen-bond donors (Lipinski definition) is 1. The number of alkyl halides is 3. The van der Waals surface area contributed by atoms with Gasteiger partial charge in [-0.3, -0.25) is 9.59 Å². The minimum atomic E-state index is -5.15. The van der Waals surface area contributed by atoms with Gasteiger partial charge < -0.3 is 19.7 Å². The Morgan fingerprint density at radius 2 is 1.71 bits per heavy atom. The van der Waals surface area contributed by atoms with Crippen molar-refractivity contribution in [2.75, 3.05) is 33.9 Å². The van der Waals surface area contributed by atoms with E-state index in [1.54, 1.807) is 12.1 Å². The van der Waals surface area contributed by atoms with Gasteiger partial charge in [0, 0.05) is 44.6 Å². The maximum atomic E-state index is 14.6. The van der Waals surface area contributed by atoms with E-state index >= 15 is 0 Å². The summed E-state index contributed by atoms with van der Waals surface area (Å²) in [4.78, 5) is 39.0. The summed E-state index contributed by atoms with van der Waals surface area (Å²) < 4.78 is 67.0. The lowest BCUT2D eigenvalue weighted by Gasteiger charge is -2.50. The van der Waals surface area contributed by atoms with Crippen LogP contribution in [0.4, 0.5) is 17.6 Å². The third kappa shape index (κ3) is 4.75. The molecule has 4 rings (SSSR count). The molecule has 2 heterocycles. The topological polar surface area (TPSA) is 84.9 Å². The zero-order valence-corrected chi connectivity index (χ0v) is 20.9. The molecule has 2 aliphatic rings. The molecule has 0 radical (unpaired) electrons. The van der Waals surface area contributed by atoms with Crippen LogP contribution in [0.1, 0.15) is 46.7 Å². The first kappa shape index (κ1) is 27.6. The fourth-order valence-electron chi connectivity index (χ4n) is 5.72. The summed E-state index contributed by atoms with van der Waals surface area (Å²) in [7, 11) is 1.90. The fraction of sp³-hybridized carbons (Fsp3) is 0.444. The average molecular weight is 537 g/mol. The molecule has 2 saturated heterocycles. The fourth-order valence-corrected chi connectivity index (χ4v) is 5.72. The van der Waals surface area contributed by atoms with E-state index in [-0.39, 0.29) is 49.7 Å². The molecule has 2 aromatic carbocycles. The molecule has 38 heavy (non-hydrogen) atoms. The summed E-state index contributed by atoms with van der Waals surface area (Å²) in [5.74, 6) is -2.92. The summed E-state index contributed by atoms with van der Waals surface area (Å²) >= 11 is 0. The zero-order valence-electron chi connectivity index (χ0n) is 20.9. The molecule has 0 unspecified atom stereocenters. The number of likely N-dealkylation sites (tertiary alicyclic amines) is 1. The molecule has 1 spiro atoms. The average Bonchev–Trinajstić information content (AvgIpc) is 2.89. The molecule has 204 valence electrons. The van der Waals surface area contributed by atoms with Crippen molar-refractivity contribution in [3.05, 3.63) is 71.0 Å². The highest BCUT2D eigenvalue weighted by atomic mass is 19.4. The van der Waals surface area contributed by atoms with Crippen LogP contribution in [0.25, 0.3) is 0 Å². The molecule has 2 aromatic rings. The Labute approximate surface area is 217 Å². The number of nitrogens with zero attached hydrogens (tertiary/aromatic N) is 1. The van der Waals surface area contributed by atoms with Gasteiger partial charge in [0.1, 0.15) is 5.82 Å². The number of carbonyl (C=O) groups excluding carboxylic acids is 3. The number of carbonyl (C=O) groups is 3. The number of amides is 2. The van der Waals surface area contributed by atoms with Crippen LogP contribution in [0.15, 0.2) is 48.5 Å². The highest BCUT2D eigenvalue weighted by molar-refractivity contribution is 5.92. The molecule has 11 heteroatoms. The van der Waals surface area contributed by atoms with Gasteiger partial charge in [-0.1, -0.05) is 24.3 Å². The van der Waals surface area contributed by atoms with E-state index in [0.29, 0.717) is 6.54 Å². The van der Waals surface area contributed by atoms with E-state index in [9.17, 15) is 31.9 Å². The summed E-state index contributed by atoms with van der Waals surface area (Å²) in [5, 5.41) is 2.82. The number of piperidine rings is 2. The molecule has 7 nitrogen and oxygen atoms in total. The van der Waals surface area contributed by atoms with Crippen LogP contribution in [0.3, 0.4) is 0 Å². The van der Waals surface area contributed by atoms with Crippen LogP contribution in [0.2, 0.25) is 0 Å². The Balaban J connectivity index is 1.65. The van der Waals surface area contributed by atoms with Crippen molar-refractivity contribution < 1.29 is 41.4 Å². The van der Waals surface area contributed by atoms with Gasteiger partial charge in [0.2, 0.25) is 5.91 Å². The Hall–Kier alpha value is -3.47. The maximum absolute atomic E-state index is 14.6. The Bertz CT molecular complexity index is 1210. The second-order valence-electron chi connectivity index (χ2n) is 9.70. The van der Waals surface area contributed by atoms with Crippen LogP contribution in [0.5, 0.6) is 0 Å². The Morgan fingerprint density at radius 1 is 1.05 bits per heavy atom. The standard InChI is InChI=1S/C27H28F4N2O5/c1-37-23(35)18-4-3-5-19(14-18)26(38-2,27(29,30)31)24(36)33-12-10-25(11-13-33)15-22(34)32-16-21(25)17-6-8-20(28)9-7-17/h3-9,14,21H,10-13,15-16H2,1-2H3,(H,32,34)/t21-,26-/m0/s1. The number of rotatable bonds is 5. The van der Waals surface area contributed by atoms with Gasteiger partial charge in [0.25, 0.3) is 11.5 Å². The van der Waals surface area contributed by atoms with Gasteiger partial charge >= 0.3 is 12.1 Å². The smallest absolute Gasteiger partial charge is 0.430 e. The Kier molecular flexibility index (Phi) is 7.51. The third-order valence-corrected chi connectivity index (χ3v) is 7.77. The van der Waals surface area contributed by atoms with Crippen LogP contribution in [-0.4, -0.2) is 62.7 Å². The largest absolute Gasteiger partial charge is 0.465 e. The molecule has 2 aliphatic heterocycles. The van der Waals surface area contributed by atoms with Crippen molar-refractivity contribution in [1.82, 2.24) is 10.2 Å². The van der Waals surface area contributed by atoms with Crippen molar-refractivity contribution >= 4 is 17.8 Å². The van der Waals surface area contributed by atoms with Crippen molar-refractivity contribution in [2.45, 2.75) is 37.0 Å². The van der Waals surface area contributed by atoms with Gasteiger partial charge in [-0.25, -0.2) is 9.18 Å².